The van der Waals surface area contributed by atoms with Crippen molar-refractivity contribution in [1.82, 2.24) is 19.9 Å². The molecular weight excluding hydrogens is 330 g/mol. The van der Waals surface area contributed by atoms with Crippen LogP contribution in [-0.2, 0) is 4.79 Å². The molecule has 0 aliphatic carbocycles. The van der Waals surface area contributed by atoms with Gasteiger partial charge in [-0.3, -0.25) is 9.59 Å². The monoisotopic (exact) mass is 347 g/mol. The van der Waals surface area contributed by atoms with E-state index in [2.05, 4.69) is 10.3 Å². The summed E-state index contributed by atoms with van der Waals surface area (Å²) in [4.78, 5) is 25.8. The molecular formula is C16H18ClN5O2. The number of para-hydroxylation sites is 1. The van der Waals surface area contributed by atoms with Crippen LogP contribution < -0.4 is 5.73 Å². The fourth-order valence-electron chi connectivity index (χ4n) is 2.92. The molecule has 126 valence electrons. The van der Waals surface area contributed by atoms with Gasteiger partial charge in [0.05, 0.1) is 22.3 Å². The Hall–Kier alpha value is -2.41. The van der Waals surface area contributed by atoms with E-state index >= 15 is 0 Å². The summed E-state index contributed by atoms with van der Waals surface area (Å²) in [7, 11) is 0. The zero-order valence-electron chi connectivity index (χ0n) is 13.3. The fraction of sp³-hybridized carbons (Fsp3) is 0.375. The molecule has 1 atom stereocenters. The van der Waals surface area contributed by atoms with E-state index in [1.165, 1.54) is 0 Å². The standard InChI is InChI=1S/C16H18ClN5O2/c1-10-14(16(24)21-8-4-5-11(9-21)15(18)23)19-20-22(10)13-7-3-2-6-12(13)17/h2-3,6-7,11H,4-5,8-9H2,1H3,(H2,18,23). The van der Waals surface area contributed by atoms with Crippen molar-refractivity contribution in [2.45, 2.75) is 19.8 Å². The number of piperidine rings is 1. The number of carbonyl (C=O) groups is 2. The van der Waals surface area contributed by atoms with Crippen LogP contribution in [-0.4, -0.2) is 44.8 Å². The molecule has 1 unspecified atom stereocenters. The average Bonchev–Trinajstić information content (AvgIpc) is 2.96. The molecule has 0 bridgehead atoms. The minimum Gasteiger partial charge on any atom is -0.369 e. The van der Waals surface area contributed by atoms with E-state index in [0.717, 1.165) is 6.42 Å². The number of benzene rings is 1. The maximum Gasteiger partial charge on any atom is 0.276 e. The summed E-state index contributed by atoms with van der Waals surface area (Å²) in [6.45, 7) is 2.68. The minimum atomic E-state index is -0.371. The van der Waals surface area contributed by atoms with Gasteiger partial charge in [0.1, 0.15) is 0 Å². The molecule has 8 heteroatoms. The summed E-state index contributed by atoms with van der Waals surface area (Å²) in [5.74, 6) is -0.915. The molecule has 1 fully saturated rings. The van der Waals surface area contributed by atoms with Crippen molar-refractivity contribution in [3.8, 4) is 5.69 Å². The van der Waals surface area contributed by atoms with Crippen LogP contribution in [0.15, 0.2) is 24.3 Å². The largest absolute Gasteiger partial charge is 0.369 e. The molecule has 7 nitrogen and oxygen atoms in total. The van der Waals surface area contributed by atoms with Gasteiger partial charge in [0, 0.05) is 13.1 Å². The number of aromatic nitrogens is 3. The molecule has 2 N–H and O–H groups in total. The van der Waals surface area contributed by atoms with Gasteiger partial charge in [-0.05, 0) is 31.9 Å². The molecule has 3 rings (SSSR count). The second-order valence-corrected chi connectivity index (χ2v) is 6.29. The molecule has 24 heavy (non-hydrogen) atoms. The predicted molar refractivity (Wildman–Crippen MR) is 88.9 cm³/mol. The normalized spacial score (nSPS) is 17.8. The number of nitrogens with zero attached hydrogens (tertiary/aromatic N) is 4. The van der Waals surface area contributed by atoms with Crippen molar-refractivity contribution in [2.24, 2.45) is 11.7 Å². The van der Waals surface area contributed by atoms with Crippen molar-refractivity contribution in [1.29, 1.82) is 0 Å². The lowest BCUT2D eigenvalue weighted by molar-refractivity contribution is -0.123. The van der Waals surface area contributed by atoms with Crippen molar-refractivity contribution in [3.63, 3.8) is 0 Å². The van der Waals surface area contributed by atoms with Crippen LogP contribution in [0.1, 0.15) is 29.0 Å². The SMILES string of the molecule is Cc1c(C(=O)N2CCCC(C(N)=O)C2)nnn1-c1ccccc1Cl. The van der Waals surface area contributed by atoms with Gasteiger partial charge in [-0.1, -0.05) is 28.9 Å². The van der Waals surface area contributed by atoms with Crippen LogP contribution in [0.25, 0.3) is 5.69 Å². The Morgan fingerprint density at radius 3 is 2.79 bits per heavy atom. The molecule has 1 aromatic carbocycles. The lowest BCUT2D eigenvalue weighted by Gasteiger charge is -2.30. The Bertz CT molecular complexity index is 789. The number of hydrogen-bond donors (Lipinski definition) is 1. The second kappa shape index (κ2) is 6.60. The third kappa shape index (κ3) is 2.99. The number of carbonyl (C=O) groups excluding carboxylic acids is 2. The second-order valence-electron chi connectivity index (χ2n) is 5.88. The molecule has 1 aliphatic rings. The number of rotatable bonds is 3. The number of amides is 2. The molecule has 1 aliphatic heterocycles. The summed E-state index contributed by atoms with van der Waals surface area (Å²) in [5.41, 5.74) is 6.90. The number of primary amides is 1. The first kappa shape index (κ1) is 16.4. The third-order valence-electron chi connectivity index (χ3n) is 4.29. The van der Waals surface area contributed by atoms with Crippen molar-refractivity contribution < 1.29 is 9.59 Å². The zero-order chi connectivity index (χ0) is 17.3. The Morgan fingerprint density at radius 1 is 1.33 bits per heavy atom. The number of halogens is 1. The van der Waals surface area contributed by atoms with Crippen molar-refractivity contribution in [2.75, 3.05) is 13.1 Å². The highest BCUT2D eigenvalue weighted by atomic mass is 35.5. The Kier molecular flexibility index (Phi) is 4.53. The van der Waals surface area contributed by atoms with Crippen LogP contribution >= 0.6 is 11.6 Å². The van der Waals surface area contributed by atoms with E-state index in [1.807, 2.05) is 18.2 Å². The molecule has 0 spiro atoms. The van der Waals surface area contributed by atoms with E-state index < -0.39 is 0 Å². The highest BCUT2D eigenvalue weighted by Gasteiger charge is 2.30. The van der Waals surface area contributed by atoms with Crippen LogP contribution in [0.2, 0.25) is 5.02 Å². The first-order valence-electron chi connectivity index (χ1n) is 7.75. The molecule has 1 saturated heterocycles. The van der Waals surface area contributed by atoms with Gasteiger partial charge in [0.25, 0.3) is 5.91 Å². The summed E-state index contributed by atoms with van der Waals surface area (Å²) in [6, 6.07) is 7.22. The van der Waals surface area contributed by atoms with Gasteiger partial charge in [0.2, 0.25) is 5.91 Å². The minimum absolute atomic E-state index is 0.239. The molecule has 0 saturated carbocycles. The van der Waals surface area contributed by atoms with Gasteiger partial charge < -0.3 is 10.6 Å². The molecule has 0 radical (unpaired) electrons. The molecule has 1 aromatic heterocycles. The van der Waals surface area contributed by atoms with E-state index in [4.69, 9.17) is 17.3 Å². The molecule has 2 aromatic rings. The maximum absolute atomic E-state index is 12.7. The van der Waals surface area contributed by atoms with Crippen LogP contribution in [0.5, 0.6) is 0 Å². The smallest absolute Gasteiger partial charge is 0.276 e. The van der Waals surface area contributed by atoms with Crippen LogP contribution in [0.3, 0.4) is 0 Å². The zero-order valence-corrected chi connectivity index (χ0v) is 14.0. The number of hydrogen-bond acceptors (Lipinski definition) is 4. The first-order valence-corrected chi connectivity index (χ1v) is 8.12. The highest BCUT2D eigenvalue weighted by Crippen LogP contribution is 2.23. The van der Waals surface area contributed by atoms with Gasteiger partial charge >= 0.3 is 0 Å². The highest BCUT2D eigenvalue weighted by molar-refractivity contribution is 6.32. The Balaban J connectivity index is 1.87. The predicted octanol–water partition coefficient (Wildman–Crippen LogP) is 1.57. The Labute approximate surface area is 144 Å². The van der Waals surface area contributed by atoms with Gasteiger partial charge in [-0.15, -0.1) is 5.10 Å². The van der Waals surface area contributed by atoms with Crippen LogP contribution in [0.4, 0.5) is 0 Å². The average molecular weight is 348 g/mol. The van der Waals surface area contributed by atoms with Gasteiger partial charge in [0.15, 0.2) is 5.69 Å². The number of likely N-dealkylation sites (tertiary alicyclic amines) is 1. The lowest BCUT2D eigenvalue weighted by Crippen LogP contribution is -2.44. The quantitative estimate of drug-likeness (QED) is 0.911. The molecule has 2 heterocycles. The lowest BCUT2D eigenvalue weighted by atomic mass is 9.97. The maximum atomic E-state index is 12.7. The van der Waals surface area contributed by atoms with E-state index in [-0.39, 0.29) is 23.4 Å². The third-order valence-corrected chi connectivity index (χ3v) is 4.61. The summed E-state index contributed by atoms with van der Waals surface area (Å²) < 4.78 is 1.55. The van der Waals surface area contributed by atoms with Gasteiger partial charge in [-0.2, -0.15) is 0 Å². The van der Waals surface area contributed by atoms with Crippen LogP contribution in [0, 0.1) is 12.8 Å². The van der Waals surface area contributed by atoms with Crippen molar-refractivity contribution in [3.05, 3.63) is 40.7 Å². The van der Waals surface area contributed by atoms with Crippen molar-refractivity contribution >= 4 is 23.4 Å². The summed E-state index contributed by atoms with van der Waals surface area (Å²) in [6.07, 6.45) is 1.46. The summed E-state index contributed by atoms with van der Waals surface area (Å²) >= 11 is 6.19. The van der Waals surface area contributed by atoms with E-state index in [1.54, 1.807) is 22.6 Å². The fourth-order valence-corrected chi connectivity index (χ4v) is 3.14. The van der Waals surface area contributed by atoms with E-state index in [9.17, 15) is 9.59 Å². The van der Waals surface area contributed by atoms with E-state index in [0.29, 0.717) is 35.9 Å². The Morgan fingerprint density at radius 2 is 2.08 bits per heavy atom. The van der Waals surface area contributed by atoms with Gasteiger partial charge in [-0.25, -0.2) is 4.68 Å². The topological polar surface area (TPSA) is 94.1 Å². The first-order chi connectivity index (χ1) is 11.5. The summed E-state index contributed by atoms with van der Waals surface area (Å²) in [5, 5.41) is 8.61. The molecule has 2 amide bonds. The number of nitrogens with two attached hydrogens (primary N) is 1.